The molecule has 2 heterocycles. The third kappa shape index (κ3) is 2.89. The molecule has 0 radical (unpaired) electrons. The van der Waals surface area contributed by atoms with Gasteiger partial charge in [0.25, 0.3) is 0 Å². The Morgan fingerprint density at radius 2 is 2.29 bits per heavy atom. The minimum Gasteiger partial charge on any atom is -0.212 e. The quantitative estimate of drug-likeness (QED) is 0.846. The van der Waals surface area contributed by atoms with Crippen molar-refractivity contribution in [3.8, 4) is 0 Å². The Kier molecular flexibility index (Phi) is 3.90. The fraction of sp³-hybridized carbons (Fsp3) is 0.667. The molecule has 0 spiro atoms. The van der Waals surface area contributed by atoms with E-state index in [0.29, 0.717) is 6.54 Å². The Bertz CT molecular complexity index is 451. The molecule has 0 aliphatic carbocycles. The summed E-state index contributed by atoms with van der Waals surface area (Å²) in [5.74, 6) is 0.444. The Morgan fingerprint density at radius 3 is 2.88 bits per heavy atom. The molecule has 0 bridgehead atoms. The van der Waals surface area contributed by atoms with Crippen LogP contribution in [0.4, 0.5) is 0 Å². The highest BCUT2D eigenvalue weighted by Gasteiger charge is 2.35. The van der Waals surface area contributed by atoms with Crippen molar-refractivity contribution in [2.24, 2.45) is 5.92 Å². The van der Waals surface area contributed by atoms with Crippen molar-refractivity contribution in [1.29, 1.82) is 0 Å². The van der Waals surface area contributed by atoms with Gasteiger partial charge in [0.15, 0.2) is 0 Å². The fourth-order valence-corrected chi connectivity index (χ4v) is 5.34. The van der Waals surface area contributed by atoms with E-state index in [9.17, 15) is 8.42 Å². The largest absolute Gasteiger partial charge is 0.214 e. The predicted octanol–water partition coefficient (Wildman–Crippen LogP) is 2.87. The third-order valence-corrected chi connectivity index (χ3v) is 6.19. The van der Waals surface area contributed by atoms with Gasteiger partial charge in [-0.1, -0.05) is 19.9 Å². The van der Waals surface area contributed by atoms with Crippen LogP contribution in [-0.4, -0.2) is 25.0 Å². The first kappa shape index (κ1) is 13.1. The van der Waals surface area contributed by atoms with Gasteiger partial charge in [0.1, 0.15) is 0 Å². The second-order valence-corrected chi connectivity index (χ2v) is 7.90. The van der Waals surface area contributed by atoms with Crippen molar-refractivity contribution in [2.75, 3.05) is 12.3 Å². The van der Waals surface area contributed by atoms with Crippen LogP contribution in [0, 0.1) is 5.92 Å². The number of sulfonamides is 1. The summed E-state index contributed by atoms with van der Waals surface area (Å²) in [6.07, 6.45) is 1.93. The van der Waals surface area contributed by atoms with Crippen molar-refractivity contribution < 1.29 is 8.42 Å². The van der Waals surface area contributed by atoms with Crippen LogP contribution in [0.1, 0.15) is 37.6 Å². The number of thiophene rings is 1. The Labute approximate surface area is 108 Å². The lowest BCUT2D eigenvalue weighted by Crippen LogP contribution is -2.33. The minimum atomic E-state index is -3.09. The van der Waals surface area contributed by atoms with Crippen LogP contribution >= 0.6 is 11.3 Å². The molecular formula is C12H19NO2S2. The lowest BCUT2D eigenvalue weighted by molar-refractivity contribution is 0.397. The van der Waals surface area contributed by atoms with Gasteiger partial charge in [0, 0.05) is 11.4 Å². The molecule has 0 N–H and O–H groups in total. The second kappa shape index (κ2) is 5.08. The lowest BCUT2D eigenvalue weighted by Gasteiger charge is -2.24. The molecule has 3 nitrogen and oxygen atoms in total. The molecule has 17 heavy (non-hydrogen) atoms. The maximum Gasteiger partial charge on any atom is 0.214 e. The van der Waals surface area contributed by atoms with Crippen LogP contribution in [0.5, 0.6) is 0 Å². The highest BCUT2D eigenvalue weighted by molar-refractivity contribution is 7.89. The Hall–Kier alpha value is -0.390. The molecule has 5 heteroatoms. The monoisotopic (exact) mass is 273 g/mol. The molecule has 1 aromatic rings. The summed E-state index contributed by atoms with van der Waals surface area (Å²) in [7, 11) is -3.09. The van der Waals surface area contributed by atoms with Crippen molar-refractivity contribution in [2.45, 2.75) is 32.7 Å². The summed E-state index contributed by atoms with van der Waals surface area (Å²) in [4.78, 5) is 1.18. The average molecular weight is 273 g/mol. The average Bonchev–Trinajstić information content (AvgIpc) is 2.86. The normalized spacial score (nSPS) is 22.4. The molecule has 1 unspecified atom stereocenters. The van der Waals surface area contributed by atoms with E-state index in [0.717, 1.165) is 12.8 Å². The molecule has 2 rings (SSSR count). The van der Waals surface area contributed by atoms with E-state index >= 15 is 0 Å². The maximum absolute atomic E-state index is 12.3. The molecule has 1 fully saturated rings. The molecule has 0 amide bonds. The van der Waals surface area contributed by atoms with Gasteiger partial charge in [-0.2, -0.15) is 4.31 Å². The van der Waals surface area contributed by atoms with Gasteiger partial charge in [-0.25, -0.2) is 8.42 Å². The minimum absolute atomic E-state index is 0.0822. The van der Waals surface area contributed by atoms with Crippen molar-refractivity contribution >= 4 is 21.4 Å². The zero-order valence-electron chi connectivity index (χ0n) is 10.3. The van der Waals surface area contributed by atoms with Crippen LogP contribution < -0.4 is 0 Å². The van der Waals surface area contributed by atoms with Gasteiger partial charge in [0.05, 0.1) is 11.8 Å². The van der Waals surface area contributed by atoms with Crippen molar-refractivity contribution in [3.63, 3.8) is 0 Å². The van der Waals surface area contributed by atoms with Gasteiger partial charge < -0.3 is 0 Å². The molecule has 1 aliphatic rings. The van der Waals surface area contributed by atoms with E-state index < -0.39 is 10.0 Å². The molecule has 1 aromatic heterocycles. The van der Waals surface area contributed by atoms with Crippen LogP contribution in [0.3, 0.4) is 0 Å². The van der Waals surface area contributed by atoms with Gasteiger partial charge >= 0.3 is 0 Å². The highest BCUT2D eigenvalue weighted by atomic mass is 32.2. The van der Waals surface area contributed by atoms with Crippen LogP contribution in [-0.2, 0) is 10.0 Å². The number of rotatable bonds is 4. The summed E-state index contributed by atoms with van der Waals surface area (Å²) in [5, 5.41) is 2.01. The topological polar surface area (TPSA) is 37.4 Å². The first-order chi connectivity index (χ1) is 8.00. The summed E-state index contributed by atoms with van der Waals surface area (Å²) in [5.41, 5.74) is 0. The summed E-state index contributed by atoms with van der Waals surface area (Å²) >= 11 is 1.65. The molecule has 1 saturated heterocycles. The number of nitrogens with zero attached hydrogens (tertiary/aromatic N) is 1. The van der Waals surface area contributed by atoms with E-state index in [4.69, 9.17) is 0 Å². The molecule has 96 valence electrons. The smallest absolute Gasteiger partial charge is 0.212 e. The molecule has 0 aromatic carbocycles. The predicted molar refractivity (Wildman–Crippen MR) is 71.6 cm³/mol. The molecular weight excluding hydrogens is 254 g/mol. The first-order valence-electron chi connectivity index (χ1n) is 6.03. The summed E-state index contributed by atoms with van der Waals surface area (Å²) < 4.78 is 26.3. The first-order valence-corrected chi connectivity index (χ1v) is 8.52. The molecule has 1 atom stereocenters. The van der Waals surface area contributed by atoms with E-state index in [2.05, 4.69) is 0 Å². The number of hydrogen-bond donors (Lipinski definition) is 0. The van der Waals surface area contributed by atoms with Crippen LogP contribution in [0.2, 0.25) is 0 Å². The Balaban J connectivity index is 2.20. The standard InChI is InChI=1S/C12H19NO2S2/c1-10(2)9-17(14,15)13-7-3-5-11(13)12-6-4-8-16-12/h4,6,8,10-11H,3,5,7,9H2,1-2H3. The van der Waals surface area contributed by atoms with E-state index in [1.807, 2.05) is 31.4 Å². The van der Waals surface area contributed by atoms with Gasteiger partial charge in [-0.3, -0.25) is 0 Å². The van der Waals surface area contributed by atoms with Gasteiger partial charge in [-0.15, -0.1) is 11.3 Å². The third-order valence-electron chi connectivity index (χ3n) is 2.98. The SMILES string of the molecule is CC(C)CS(=O)(=O)N1CCCC1c1cccs1. The summed E-state index contributed by atoms with van der Waals surface area (Å²) in [6, 6.07) is 4.11. The zero-order chi connectivity index (χ0) is 12.5. The summed E-state index contributed by atoms with van der Waals surface area (Å²) in [6.45, 7) is 4.58. The van der Waals surface area contributed by atoms with Gasteiger partial charge in [-0.05, 0) is 30.2 Å². The second-order valence-electron chi connectivity index (χ2n) is 4.96. The van der Waals surface area contributed by atoms with Crippen LogP contribution in [0.25, 0.3) is 0 Å². The highest BCUT2D eigenvalue weighted by Crippen LogP contribution is 2.36. The Morgan fingerprint density at radius 1 is 1.53 bits per heavy atom. The van der Waals surface area contributed by atoms with Gasteiger partial charge in [0.2, 0.25) is 10.0 Å². The van der Waals surface area contributed by atoms with E-state index in [-0.39, 0.29) is 17.7 Å². The molecule has 1 aliphatic heterocycles. The maximum atomic E-state index is 12.3. The van der Waals surface area contributed by atoms with E-state index in [1.165, 1.54) is 4.88 Å². The van der Waals surface area contributed by atoms with E-state index in [1.54, 1.807) is 15.6 Å². The van der Waals surface area contributed by atoms with Crippen molar-refractivity contribution in [3.05, 3.63) is 22.4 Å². The van der Waals surface area contributed by atoms with Crippen molar-refractivity contribution in [1.82, 2.24) is 4.31 Å². The lowest BCUT2D eigenvalue weighted by atomic mass is 10.2. The fourth-order valence-electron chi connectivity index (χ4n) is 2.36. The van der Waals surface area contributed by atoms with Crippen LogP contribution in [0.15, 0.2) is 17.5 Å². The number of hydrogen-bond acceptors (Lipinski definition) is 3. The zero-order valence-corrected chi connectivity index (χ0v) is 11.9. The molecule has 0 saturated carbocycles.